The van der Waals surface area contributed by atoms with Gasteiger partial charge in [-0.15, -0.1) is 0 Å². The van der Waals surface area contributed by atoms with Crippen LogP contribution < -0.4 is 0 Å². The third-order valence-corrected chi connectivity index (χ3v) is 3.90. The third-order valence-electron chi connectivity index (χ3n) is 3.90. The number of nitrogens with zero attached hydrogens (tertiary/aromatic N) is 1. The van der Waals surface area contributed by atoms with Crippen molar-refractivity contribution in [1.29, 1.82) is 0 Å². The van der Waals surface area contributed by atoms with Crippen molar-refractivity contribution in [2.75, 3.05) is 6.54 Å². The summed E-state index contributed by atoms with van der Waals surface area (Å²) < 4.78 is 0. The molecule has 0 fully saturated rings. The van der Waals surface area contributed by atoms with Crippen LogP contribution in [0.2, 0.25) is 0 Å². The van der Waals surface area contributed by atoms with E-state index in [1.807, 2.05) is 38.1 Å². The zero-order chi connectivity index (χ0) is 15.1. The Hall–Kier alpha value is -1.15. The van der Waals surface area contributed by atoms with Crippen molar-refractivity contribution in [3.05, 3.63) is 35.4 Å². The van der Waals surface area contributed by atoms with Gasteiger partial charge in [-0.2, -0.15) is 0 Å². The number of aryl methyl sites for hydroxylation is 1. The number of carbonyl (C=O) groups excluding carboxylic acids is 1. The molecular weight excluding hydrogens is 246 g/mol. The van der Waals surface area contributed by atoms with Gasteiger partial charge in [0.2, 0.25) is 0 Å². The maximum Gasteiger partial charge on any atom is 0.179 e. The molecule has 0 bridgehead atoms. The molecule has 0 spiro atoms. The van der Waals surface area contributed by atoms with E-state index in [0.29, 0.717) is 6.04 Å². The smallest absolute Gasteiger partial charge is 0.179 e. The average molecular weight is 275 g/mol. The molecule has 0 saturated carbocycles. The van der Waals surface area contributed by atoms with Crippen molar-refractivity contribution < 1.29 is 4.79 Å². The first-order valence-corrected chi connectivity index (χ1v) is 7.84. The number of ketones is 1. The van der Waals surface area contributed by atoms with E-state index in [2.05, 4.69) is 25.7 Å². The lowest BCUT2D eigenvalue weighted by Crippen LogP contribution is -2.44. The van der Waals surface area contributed by atoms with Crippen LogP contribution in [0.4, 0.5) is 0 Å². The summed E-state index contributed by atoms with van der Waals surface area (Å²) in [5, 5.41) is 0. The lowest BCUT2D eigenvalue weighted by Gasteiger charge is -2.32. The largest absolute Gasteiger partial charge is 0.292 e. The van der Waals surface area contributed by atoms with Gasteiger partial charge >= 0.3 is 0 Å². The van der Waals surface area contributed by atoms with Crippen LogP contribution in [0.3, 0.4) is 0 Å². The Bertz CT molecular complexity index is 408. The van der Waals surface area contributed by atoms with E-state index in [4.69, 9.17) is 0 Å². The number of hydrogen-bond donors (Lipinski definition) is 0. The summed E-state index contributed by atoms with van der Waals surface area (Å²) in [7, 11) is 0. The molecule has 1 aromatic rings. The predicted octanol–water partition coefficient (Wildman–Crippen LogP) is 4.47. The standard InChI is InChI=1S/C18H29NO/c1-6-7-8-13-19(14(2)3)16(5)18(20)17-11-9-15(4)10-12-17/h9-12,14,16H,6-8,13H2,1-5H3. The van der Waals surface area contributed by atoms with E-state index in [1.165, 1.54) is 24.8 Å². The molecule has 0 N–H and O–H groups in total. The summed E-state index contributed by atoms with van der Waals surface area (Å²) in [4.78, 5) is 14.9. The molecule has 1 rings (SSSR count). The molecule has 0 saturated heterocycles. The van der Waals surface area contributed by atoms with Crippen molar-refractivity contribution in [3.63, 3.8) is 0 Å². The molecule has 0 amide bonds. The van der Waals surface area contributed by atoms with E-state index in [1.54, 1.807) is 0 Å². The SMILES string of the molecule is CCCCCN(C(C)C)C(C)C(=O)c1ccc(C)cc1. The highest BCUT2D eigenvalue weighted by atomic mass is 16.1. The van der Waals surface area contributed by atoms with Crippen LogP contribution in [0.25, 0.3) is 0 Å². The van der Waals surface area contributed by atoms with Gasteiger partial charge in [-0.1, -0.05) is 49.6 Å². The van der Waals surface area contributed by atoms with E-state index in [9.17, 15) is 4.79 Å². The summed E-state index contributed by atoms with van der Waals surface area (Å²) in [6.45, 7) is 11.6. The molecule has 1 unspecified atom stereocenters. The minimum atomic E-state index is -0.0467. The Labute approximate surface area is 124 Å². The highest BCUT2D eigenvalue weighted by Gasteiger charge is 2.23. The Morgan fingerprint density at radius 3 is 2.20 bits per heavy atom. The van der Waals surface area contributed by atoms with Crippen LogP contribution >= 0.6 is 0 Å². The van der Waals surface area contributed by atoms with Crippen LogP contribution in [0.1, 0.15) is 62.9 Å². The second kappa shape index (κ2) is 8.21. The first kappa shape index (κ1) is 16.9. The van der Waals surface area contributed by atoms with Crippen LogP contribution in [0.15, 0.2) is 24.3 Å². The molecule has 20 heavy (non-hydrogen) atoms. The van der Waals surface area contributed by atoms with Gasteiger partial charge in [-0.3, -0.25) is 9.69 Å². The fraction of sp³-hybridized carbons (Fsp3) is 0.611. The summed E-state index contributed by atoms with van der Waals surface area (Å²) in [5.74, 6) is 0.232. The van der Waals surface area contributed by atoms with Crippen LogP contribution in [-0.4, -0.2) is 29.3 Å². The van der Waals surface area contributed by atoms with Crippen molar-refractivity contribution in [2.24, 2.45) is 0 Å². The molecule has 1 atom stereocenters. The van der Waals surface area contributed by atoms with Crippen LogP contribution in [-0.2, 0) is 0 Å². The van der Waals surface area contributed by atoms with E-state index in [-0.39, 0.29) is 11.8 Å². The van der Waals surface area contributed by atoms with Gasteiger partial charge in [0.15, 0.2) is 5.78 Å². The monoisotopic (exact) mass is 275 g/mol. The van der Waals surface area contributed by atoms with Crippen molar-refractivity contribution in [1.82, 2.24) is 4.90 Å². The third kappa shape index (κ3) is 4.75. The van der Waals surface area contributed by atoms with Gasteiger partial charge in [0.25, 0.3) is 0 Å². The molecule has 0 radical (unpaired) electrons. The maximum absolute atomic E-state index is 12.6. The molecule has 0 aliphatic carbocycles. The molecular formula is C18H29NO. The number of rotatable bonds is 8. The van der Waals surface area contributed by atoms with Gasteiger partial charge in [0.05, 0.1) is 6.04 Å². The summed E-state index contributed by atoms with van der Waals surface area (Å²) in [6.07, 6.45) is 3.61. The van der Waals surface area contributed by atoms with Crippen molar-refractivity contribution in [3.8, 4) is 0 Å². The van der Waals surface area contributed by atoms with Crippen LogP contribution in [0.5, 0.6) is 0 Å². The highest BCUT2D eigenvalue weighted by Crippen LogP contribution is 2.14. The fourth-order valence-corrected chi connectivity index (χ4v) is 2.55. The Morgan fingerprint density at radius 2 is 1.70 bits per heavy atom. The normalized spacial score (nSPS) is 12.9. The molecule has 1 aromatic carbocycles. The summed E-state index contributed by atoms with van der Waals surface area (Å²) >= 11 is 0. The Morgan fingerprint density at radius 1 is 1.10 bits per heavy atom. The first-order valence-electron chi connectivity index (χ1n) is 7.84. The minimum absolute atomic E-state index is 0.0467. The lowest BCUT2D eigenvalue weighted by atomic mass is 10.0. The van der Waals surface area contributed by atoms with Gasteiger partial charge in [-0.05, 0) is 40.7 Å². The number of unbranched alkanes of at least 4 members (excludes halogenated alkanes) is 2. The summed E-state index contributed by atoms with van der Waals surface area (Å²) in [5.41, 5.74) is 2.02. The van der Waals surface area contributed by atoms with Gasteiger partial charge < -0.3 is 0 Å². The Kier molecular flexibility index (Phi) is 6.94. The van der Waals surface area contributed by atoms with E-state index < -0.39 is 0 Å². The molecule has 0 aromatic heterocycles. The molecule has 0 aliphatic rings. The number of Topliss-reactive ketones (excluding diaryl/α,β-unsaturated/α-hetero) is 1. The topological polar surface area (TPSA) is 20.3 Å². The van der Waals surface area contributed by atoms with Gasteiger partial charge in [0.1, 0.15) is 0 Å². The average Bonchev–Trinajstić information content (AvgIpc) is 2.42. The van der Waals surface area contributed by atoms with Crippen molar-refractivity contribution in [2.45, 2.75) is 66.0 Å². The minimum Gasteiger partial charge on any atom is -0.292 e. The quantitative estimate of drug-likeness (QED) is 0.515. The number of carbonyl (C=O) groups is 1. The van der Waals surface area contributed by atoms with Gasteiger partial charge in [-0.25, -0.2) is 0 Å². The van der Waals surface area contributed by atoms with E-state index in [0.717, 1.165) is 12.1 Å². The zero-order valence-electron chi connectivity index (χ0n) is 13.6. The number of hydrogen-bond acceptors (Lipinski definition) is 2. The van der Waals surface area contributed by atoms with Crippen molar-refractivity contribution >= 4 is 5.78 Å². The molecule has 2 heteroatoms. The molecule has 0 heterocycles. The van der Waals surface area contributed by atoms with Gasteiger partial charge in [0, 0.05) is 11.6 Å². The molecule has 2 nitrogen and oxygen atoms in total. The van der Waals surface area contributed by atoms with E-state index >= 15 is 0 Å². The fourth-order valence-electron chi connectivity index (χ4n) is 2.55. The predicted molar refractivity (Wildman–Crippen MR) is 86.3 cm³/mol. The Balaban J connectivity index is 2.75. The lowest BCUT2D eigenvalue weighted by molar-refractivity contribution is 0.0785. The second-order valence-electron chi connectivity index (χ2n) is 5.94. The number of benzene rings is 1. The zero-order valence-corrected chi connectivity index (χ0v) is 13.6. The maximum atomic E-state index is 12.6. The van der Waals surface area contributed by atoms with Crippen LogP contribution in [0, 0.1) is 6.92 Å². The highest BCUT2D eigenvalue weighted by molar-refractivity contribution is 5.99. The second-order valence-corrected chi connectivity index (χ2v) is 5.94. The first-order chi connectivity index (χ1) is 9.47. The molecule has 112 valence electrons. The molecule has 0 aliphatic heterocycles. The summed E-state index contributed by atoms with van der Waals surface area (Å²) in [6, 6.07) is 8.26.